The lowest BCUT2D eigenvalue weighted by atomic mass is 10.2. The highest BCUT2D eigenvalue weighted by molar-refractivity contribution is 8.09. The van der Waals surface area contributed by atoms with Crippen molar-refractivity contribution >= 4 is 25.8 Å². The maximum Gasteiger partial charge on any atom is 0.353 e. The molecule has 1 N–H and O–H groups in total. The molecule has 0 atom stereocenters. The second kappa shape index (κ2) is 5.74. The third kappa shape index (κ3) is 9.18. The highest BCUT2D eigenvalue weighted by Crippen LogP contribution is 1.97. The molecule has 14 heavy (non-hydrogen) atoms. The Morgan fingerprint density at radius 1 is 1.29 bits per heavy atom. The fourth-order valence-corrected chi connectivity index (χ4v) is 0.673. The summed E-state index contributed by atoms with van der Waals surface area (Å²) in [6, 6.07) is 9.23. The molecule has 1 aromatic carbocycles. The average Bonchev–Trinajstić information content (AvgIpc) is 2.03. The first-order chi connectivity index (χ1) is 6.30. The van der Waals surface area contributed by atoms with E-state index in [0.29, 0.717) is 0 Å². The number of hydrogen-bond acceptors (Lipinski definition) is 3. The predicted octanol–water partition coefficient (Wildman–Crippen LogP) is 1.92. The number of carbonyl (C=O) groups is 1. The predicted molar refractivity (Wildman–Crippen MR) is 53.8 cm³/mol. The minimum Gasteiger partial charge on any atom is -0.295 e. The van der Waals surface area contributed by atoms with E-state index in [2.05, 4.69) is 10.7 Å². The van der Waals surface area contributed by atoms with Crippen LogP contribution in [0, 0.1) is 0 Å². The Bertz CT molecular complexity index is 377. The SMILES string of the molecule is CC(=O)c1ccccc1.O=S(=O)(O)Cl. The van der Waals surface area contributed by atoms with E-state index in [1.807, 2.05) is 30.3 Å². The number of rotatable bonds is 1. The van der Waals surface area contributed by atoms with Crippen LogP contribution in [-0.4, -0.2) is 18.8 Å². The van der Waals surface area contributed by atoms with Crippen LogP contribution in [-0.2, 0) is 9.33 Å². The van der Waals surface area contributed by atoms with Gasteiger partial charge >= 0.3 is 9.33 Å². The van der Waals surface area contributed by atoms with E-state index >= 15 is 0 Å². The van der Waals surface area contributed by atoms with Crippen molar-refractivity contribution in [3.05, 3.63) is 35.9 Å². The number of ketones is 1. The Morgan fingerprint density at radius 2 is 1.64 bits per heavy atom. The minimum absolute atomic E-state index is 0.121. The number of hydrogen-bond donors (Lipinski definition) is 1. The van der Waals surface area contributed by atoms with E-state index in [4.69, 9.17) is 13.0 Å². The highest BCUT2D eigenvalue weighted by atomic mass is 35.7. The molecule has 0 unspecified atom stereocenters. The normalized spacial score (nSPS) is 9.93. The summed E-state index contributed by atoms with van der Waals surface area (Å²) in [5, 5.41) is 0. The molecule has 1 rings (SSSR count). The van der Waals surface area contributed by atoms with Crippen LogP contribution in [0.2, 0.25) is 0 Å². The molecule has 4 nitrogen and oxygen atoms in total. The summed E-state index contributed by atoms with van der Waals surface area (Å²) in [4.78, 5) is 10.6. The van der Waals surface area contributed by atoms with Gasteiger partial charge in [-0.25, -0.2) is 0 Å². The first kappa shape index (κ1) is 13.1. The van der Waals surface area contributed by atoms with Gasteiger partial charge in [0.15, 0.2) is 5.78 Å². The van der Waals surface area contributed by atoms with Gasteiger partial charge in [-0.1, -0.05) is 30.3 Å². The van der Waals surface area contributed by atoms with Crippen molar-refractivity contribution in [3.63, 3.8) is 0 Å². The molecule has 1 aromatic rings. The van der Waals surface area contributed by atoms with Crippen LogP contribution >= 0.6 is 10.7 Å². The number of carbonyl (C=O) groups excluding carboxylic acids is 1. The lowest BCUT2D eigenvalue weighted by Gasteiger charge is -1.89. The van der Waals surface area contributed by atoms with Crippen LogP contribution in [0.3, 0.4) is 0 Å². The van der Waals surface area contributed by atoms with Crippen LogP contribution < -0.4 is 0 Å². The van der Waals surface area contributed by atoms with Gasteiger partial charge in [0.2, 0.25) is 0 Å². The van der Waals surface area contributed by atoms with Crippen molar-refractivity contribution < 1.29 is 17.8 Å². The quantitative estimate of drug-likeness (QED) is 0.459. The summed E-state index contributed by atoms with van der Waals surface area (Å²) in [6.07, 6.45) is 0. The van der Waals surface area contributed by atoms with Crippen LogP contribution in [0.4, 0.5) is 0 Å². The molecule has 0 heterocycles. The number of Topliss-reactive ketones (excluding diaryl/α,β-unsaturated/α-hetero) is 1. The molecular weight excluding hydrogens is 228 g/mol. The molecule has 0 amide bonds. The van der Waals surface area contributed by atoms with Gasteiger partial charge in [-0.3, -0.25) is 9.35 Å². The molecule has 0 spiro atoms. The summed E-state index contributed by atoms with van der Waals surface area (Å²) < 4.78 is 25.2. The standard InChI is InChI=1S/C8H8O.ClHO3S/c1-7(9)8-5-3-2-4-6-8;1-5(2,3)4/h2-6H,1H3;(H,2,3,4). The lowest BCUT2D eigenvalue weighted by Crippen LogP contribution is -1.88. The molecule has 0 aromatic heterocycles. The minimum atomic E-state index is -4.19. The van der Waals surface area contributed by atoms with Crippen LogP contribution in [0.15, 0.2) is 30.3 Å². The summed E-state index contributed by atoms with van der Waals surface area (Å²) in [6.45, 7) is 1.56. The topological polar surface area (TPSA) is 71.4 Å². The fraction of sp³-hybridized carbons (Fsp3) is 0.125. The Morgan fingerprint density at radius 3 is 1.86 bits per heavy atom. The van der Waals surface area contributed by atoms with Gasteiger partial charge in [-0.05, 0) is 6.92 Å². The highest BCUT2D eigenvalue weighted by Gasteiger charge is 1.92. The molecule has 0 saturated heterocycles. The molecule has 0 bridgehead atoms. The van der Waals surface area contributed by atoms with Gasteiger partial charge in [0.1, 0.15) is 0 Å². The third-order valence-electron chi connectivity index (χ3n) is 1.18. The second-order valence-corrected chi connectivity index (χ2v) is 4.33. The molecular formula is C8H9ClO4S. The van der Waals surface area contributed by atoms with Crippen LogP contribution in [0.1, 0.15) is 17.3 Å². The average molecular weight is 237 g/mol. The van der Waals surface area contributed by atoms with E-state index in [-0.39, 0.29) is 5.78 Å². The van der Waals surface area contributed by atoms with Crippen molar-refractivity contribution in [2.45, 2.75) is 6.92 Å². The summed E-state index contributed by atoms with van der Waals surface area (Å²) >= 11 is 0. The summed E-state index contributed by atoms with van der Waals surface area (Å²) in [5.74, 6) is 0.121. The third-order valence-corrected chi connectivity index (χ3v) is 1.18. The Balaban J connectivity index is 0.000000292. The first-order valence-electron chi connectivity index (χ1n) is 3.54. The van der Waals surface area contributed by atoms with Gasteiger partial charge in [0.25, 0.3) is 0 Å². The van der Waals surface area contributed by atoms with Crippen LogP contribution in [0.25, 0.3) is 0 Å². The zero-order chi connectivity index (χ0) is 11.2. The number of benzene rings is 1. The van der Waals surface area contributed by atoms with Gasteiger partial charge in [0.05, 0.1) is 0 Å². The summed E-state index contributed by atoms with van der Waals surface area (Å²) in [5.41, 5.74) is 0.775. The van der Waals surface area contributed by atoms with E-state index in [0.717, 1.165) is 5.56 Å². The molecule has 78 valence electrons. The van der Waals surface area contributed by atoms with Gasteiger partial charge in [-0.2, -0.15) is 8.42 Å². The Labute approximate surface area is 86.8 Å². The molecule has 0 saturated carbocycles. The van der Waals surface area contributed by atoms with E-state index < -0.39 is 9.33 Å². The zero-order valence-electron chi connectivity index (χ0n) is 7.34. The largest absolute Gasteiger partial charge is 0.353 e. The van der Waals surface area contributed by atoms with E-state index in [1.54, 1.807) is 6.92 Å². The maximum absolute atomic E-state index is 10.6. The maximum atomic E-state index is 10.6. The monoisotopic (exact) mass is 236 g/mol. The van der Waals surface area contributed by atoms with E-state index in [9.17, 15) is 4.79 Å². The second-order valence-electron chi connectivity index (χ2n) is 2.33. The lowest BCUT2D eigenvalue weighted by molar-refractivity contribution is 0.101. The first-order valence-corrected chi connectivity index (χ1v) is 5.80. The Kier molecular flexibility index (Phi) is 5.37. The van der Waals surface area contributed by atoms with E-state index in [1.165, 1.54) is 0 Å². The van der Waals surface area contributed by atoms with Crippen molar-refractivity contribution in [2.24, 2.45) is 0 Å². The van der Waals surface area contributed by atoms with Crippen molar-refractivity contribution in [1.82, 2.24) is 0 Å². The molecule has 0 fully saturated rings. The van der Waals surface area contributed by atoms with Crippen molar-refractivity contribution in [1.29, 1.82) is 0 Å². The smallest absolute Gasteiger partial charge is 0.295 e. The zero-order valence-corrected chi connectivity index (χ0v) is 8.92. The Hall–Kier alpha value is -0.910. The number of halogens is 1. The van der Waals surface area contributed by atoms with Gasteiger partial charge < -0.3 is 0 Å². The van der Waals surface area contributed by atoms with Crippen molar-refractivity contribution in [3.8, 4) is 0 Å². The molecule has 0 aliphatic rings. The summed E-state index contributed by atoms with van der Waals surface area (Å²) in [7, 11) is -0.137. The molecule has 0 radical (unpaired) electrons. The van der Waals surface area contributed by atoms with Crippen LogP contribution in [0.5, 0.6) is 0 Å². The van der Waals surface area contributed by atoms with Gasteiger partial charge in [-0.15, -0.1) is 0 Å². The molecule has 0 aliphatic carbocycles. The fourth-order valence-electron chi connectivity index (χ4n) is 0.673. The van der Waals surface area contributed by atoms with Crippen molar-refractivity contribution in [2.75, 3.05) is 0 Å². The molecule has 0 aliphatic heterocycles. The molecule has 6 heteroatoms. The van der Waals surface area contributed by atoms with Gasteiger partial charge in [0, 0.05) is 16.2 Å².